The van der Waals surface area contributed by atoms with Crippen LogP contribution in [0.1, 0.15) is 50.8 Å². The first-order chi connectivity index (χ1) is 22.6. The van der Waals surface area contributed by atoms with Gasteiger partial charge in [0.25, 0.3) is 11.8 Å². The monoisotopic (exact) mass is 651 g/mol. The van der Waals surface area contributed by atoms with Gasteiger partial charge >= 0.3 is 12.1 Å². The molecule has 9 nitrogen and oxygen atoms in total. The number of β-lactam (4-membered cyclic amide) rings is 1. The van der Waals surface area contributed by atoms with Crippen LogP contribution in [0, 0.1) is 0 Å². The fourth-order valence-electron chi connectivity index (χ4n) is 5.93. The van der Waals surface area contributed by atoms with Crippen molar-refractivity contribution in [3.05, 3.63) is 125 Å². The van der Waals surface area contributed by atoms with Crippen LogP contribution in [0.25, 0.3) is 0 Å². The first kappa shape index (κ1) is 32.1. The first-order valence-corrected chi connectivity index (χ1v) is 16.7. The maximum Gasteiger partial charge on any atom is 0.408 e. The highest BCUT2D eigenvalue weighted by molar-refractivity contribution is 8.00. The number of benzene rings is 3. The Balaban J connectivity index is 1.36. The number of hydrogen-bond acceptors (Lipinski definition) is 7. The van der Waals surface area contributed by atoms with Crippen LogP contribution in [0.5, 0.6) is 0 Å². The molecule has 0 unspecified atom stereocenters. The van der Waals surface area contributed by atoms with Crippen molar-refractivity contribution >= 4 is 41.3 Å². The SMILES string of the molecule is CC(C)(C)OC(=O)N[C@@H]1C(=O)N2C(C(=O)OC(c3ccccc3)c3ccccc3)=C(/C=C3\CCCN(c4ccccc4)C3=O)CS[C@H]12. The number of anilines is 1. The fourth-order valence-corrected chi connectivity index (χ4v) is 7.24. The number of alkyl carbamates (subject to hydrolysis) is 1. The van der Waals surface area contributed by atoms with Gasteiger partial charge in [-0.1, -0.05) is 78.9 Å². The van der Waals surface area contributed by atoms with Crippen LogP contribution >= 0.6 is 11.8 Å². The van der Waals surface area contributed by atoms with Gasteiger partial charge in [0.05, 0.1) is 0 Å². The molecule has 3 aromatic rings. The lowest BCUT2D eigenvalue weighted by molar-refractivity contribution is -0.153. The van der Waals surface area contributed by atoms with Crippen molar-refractivity contribution in [1.82, 2.24) is 10.2 Å². The Morgan fingerprint density at radius 2 is 1.51 bits per heavy atom. The smallest absolute Gasteiger partial charge is 0.408 e. The van der Waals surface area contributed by atoms with Gasteiger partial charge < -0.3 is 19.7 Å². The van der Waals surface area contributed by atoms with Crippen LogP contribution < -0.4 is 10.2 Å². The Bertz CT molecular complexity index is 1680. The van der Waals surface area contributed by atoms with Crippen molar-refractivity contribution in [3.8, 4) is 0 Å². The quantitative estimate of drug-likeness (QED) is 0.186. The molecule has 0 radical (unpaired) electrons. The van der Waals surface area contributed by atoms with Gasteiger partial charge in [-0.05, 0) is 68.5 Å². The van der Waals surface area contributed by atoms with Crippen LogP contribution in [-0.4, -0.2) is 58.1 Å². The molecule has 0 spiro atoms. The third-order valence-electron chi connectivity index (χ3n) is 8.06. The Morgan fingerprint density at radius 3 is 2.11 bits per heavy atom. The Hall–Kier alpha value is -4.83. The number of thioether (sulfide) groups is 1. The van der Waals surface area contributed by atoms with Crippen molar-refractivity contribution in [2.75, 3.05) is 17.2 Å². The zero-order chi connectivity index (χ0) is 33.1. The van der Waals surface area contributed by atoms with E-state index < -0.39 is 41.1 Å². The molecule has 1 N–H and O–H groups in total. The average Bonchev–Trinajstić information content (AvgIpc) is 3.07. The van der Waals surface area contributed by atoms with Crippen molar-refractivity contribution < 1.29 is 28.7 Å². The summed E-state index contributed by atoms with van der Waals surface area (Å²) in [6.07, 6.45) is 1.59. The summed E-state index contributed by atoms with van der Waals surface area (Å²) in [5, 5.41) is 2.13. The van der Waals surface area contributed by atoms with E-state index >= 15 is 0 Å². The average molecular weight is 652 g/mol. The van der Waals surface area contributed by atoms with Gasteiger partial charge in [0.15, 0.2) is 6.10 Å². The van der Waals surface area contributed by atoms with Crippen LogP contribution in [0.3, 0.4) is 0 Å². The summed E-state index contributed by atoms with van der Waals surface area (Å²) in [6, 6.07) is 27.4. The molecular weight excluding hydrogens is 614 g/mol. The lowest BCUT2D eigenvalue weighted by Crippen LogP contribution is -2.70. The zero-order valence-corrected chi connectivity index (χ0v) is 27.4. The van der Waals surface area contributed by atoms with Gasteiger partial charge in [-0.15, -0.1) is 11.8 Å². The maximum absolute atomic E-state index is 14.3. The molecule has 3 aliphatic heterocycles. The normalized spacial score (nSPS) is 20.6. The molecule has 6 rings (SSSR count). The molecule has 0 saturated carbocycles. The van der Waals surface area contributed by atoms with E-state index in [1.54, 1.807) is 31.7 Å². The predicted molar refractivity (Wildman–Crippen MR) is 180 cm³/mol. The lowest BCUT2D eigenvalue weighted by atomic mass is 9.97. The molecule has 47 heavy (non-hydrogen) atoms. The zero-order valence-electron chi connectivity index (χ0n) is 26.6. The summed E-state index contributed by atoms with van der Waals surface area (Å²) in [6.45, 7) is 5.82. The van der Waals surface area contributed by atoms with E-state index in [9.17, 15) is 19.2 Å². The number of allylic oxidation sites excluding steroid dienone is 1. The van der Waals surface area contributed by atoms with Crippen LogP contribution in [0.15, 0.2) is 114 Å². The van der Waals surface area contributed by atoms with Gasteiger partial charge in [-0.3, -0.25) is 14.5 Å². The standard InChI is InChI=1S/C37H37N3O6S/c1-37(2,3)46-36(44)38-29-33(42)40-30(35(43)45-31(24-14-7-4-8-15-24)25-16-9-5-10-17-25)27(23-47-34(29)40)22-26-18-13-21-39(32(26)41)28-19-11-6-12-20-28/h4-12,14-17,19-20,22,29,31,34H,13,18,21,23H2,1-3H3,(H,38,44)/b26-22+/t29-,34-/m1/s1. The van der Waals surface area contributed by atoms with E-state index in [0.29, 0.717) is 29.9 Å². The van der Waals surface area contributed by atoms with Gasteiger partial charge in [0, 0.05) is 23.6 Å². The molecule has 242 valence electrons. The fraction of sp³-hybridized carbons (Fsp3) is 0.297. The second-order valence-corrected chi connectivity index (χ2v) is 13.7. The number of fused-ring (bicyclic) bond motifs is 1. The van der Waals surface area contributed by atoms with Gasteiger partial charge in [-0.2, -0.15) is 0 Å². The summed E-state index contributed by atoms with van der Waals surface area (Å²) >= 11 is 1.41. The summed E-state index contributed by atoms with van der Waals surface area (Å²) in [5.74, 6) is -0.949. The number of nitrogens with one attached hydrogen (secondary N) is 1. The Morgan fingerprint density at radius 1 is 0.915 bits per heavy atom. The molecule has 2 saturated heterocycles. The molecule has 3 aliphatic rings. The van der Waals surface area contributed by atoms with E-state index in [1.807, 2.05) is 91.0 Å². The minimum absolute atomic E-state index is 0.0787. The molecule has 0 bridgehead atoms. The molecule has 3 aromatic carbocycles. The summed E-state index contributed by atoms with van der Waals surface area (Å²) in [7, 11) is 0. The highest BCUT2D eigenvalue weighted by atomic mass is 32.2. The van der Waals surface area contributed by atoms with E-state index in [-0.39, 0.29) is 11.6 Å². The first-order valence-electron chi connectivity index (χ1n) is 15.7. The Kier molecular flexibility index (Phi) is 9.22. The minimum Gasteiger partial charge on any atom is -0.448 e. The summed E-state index contributed by atoms with van der Waals surface area (Å²) in [5.41, 5.74) is 2.77. The summed E-state index contributed by atoms with van der Waals surface area (Å²) in [4.78, 5) is 57.4. The highest BCUT2D eigenvalue weighted by Gasteiger charge is 2.55. The van der Waals surface area contributed by atoms with E-state index in [0.717, 1.165) is 23.2 Å². The number of piperidine rings is 1. The van der Waals surface area contributed by atoms with Crippen LogP contribution in [0.2, 0.25) is 0 Å². The number of para-hydroxylation sites is 1. The second-order valence-electron chi connectivity index (χ2n) is 12.6. The molecule has 10 heteroatoms. The summed E-state index contributed by atoms with van der Waals surface area (Å²) < 4.78 is 11.6. The van der Waals surface area contributed by atoms with E-state index in [2.05, 4.69) is 5.32 Å². The van der Waals surface area contributed by atoms with Crippen molar-refractivity contribution in [2.45, 2.75) is 56.7 Å². The lowest BCUT2D eigenvalue weighted by Gasteiger charge is -2.49. The van der Waals surface area contributed by atoms with Gasteiger partial charge in [0.2, 0.25) is 0 Å². The highest BCUT2D eigenvalue weighted by Crippen LogP contribution is 2.43. The number of carbonyl (C=O) groups excluding carboxylic acids is 4. The van der Waals surface area contributed by atoms with Gasteiger partial charge in [0.1, 0.15) is 22.7 Å². The third kappa shape index (κ3) is 6.97. The number of amides is 3. The molecule has 0 aromatic heterocycles. The third-order valence-corrected chi connectivity index (χ3v) is 9.36. The van der Waals surface area contributed by atoms with Crippen molar-refractivity contribution in [2.24, 2.45) is 0 Å². The number of carbonyl (C=O) groups is 4. The molecule has 2 fully saturated rings. The largest absolute Gasteiger partial charge is 0.448 e. The topological polar surface area (TPSA) is 105 Å². The Labute approximate surface area is 278 Å². The van der Waals surface area contributed by atoms with Crippen molar-refractivity contribution in [1.29, 1.82) is 0 Å². The maximum atomic E-state index is 14.3. The molecule has 2 atom stereocenters. The van der Waals surface area contributed by atoms with Crippen molar-refractivity contribution in [3.63, 3.8) is 0 Å². The number of nitrogens with zero attached hydrogens (tertiary/aromatic N) is 2. The van der Waals surface area contributed by atoms with E-state index in [1.165, 1.54) is 16.7 Å². The molecular formula is C37H37N3O6S. The van der Waals surface area contributed by atoms with Gasteiger partial charge in [-0.25, -0.2) is 9.59 Å². The van der Waals surface area contributed by atoms with Crippen LogP contribution in [-0.2, 0) is 23.9 Å². The number of esters is 1. The number of rotatable bonds is 7. The van der Waals surface area contributed by atoms with Crippen LogP contribution in [0.4, 0.5) is 10.5 Å². The molecule has 0 aliphatic carbocycles. The second kappa shape index (κ2) is 13.5. The number of ether oxygens (including phenoxy) is 2. The predicted octanol–water partition coefficient (Wildman–Crippen LogP) is 6.14. The molecule has 3 amide bonds. The van der Waals surface area contributed by atoms with E-state index in [4.69, 9.17) is 9.47 Å². The number of hydrogen-bond donors (Lipinski definition) is 1. The minimum atomic E-state index is -0.879. The molecule has 3 heterocycles.